The molecule has 0 bridgehead atoms. The third-order valence-electron chi connectivity index (χ3n) is 1.98. The molecule has 0 aromatic carbocycles. The smallest absolute Gasteiger partial charge is 0.343 e. The van der Waals surface area contributed by atoms with Gasteiger partial charge in [0.1, 0.15) is 6.33 Å². The van der Waals surface area contributed by atoms with Crippen LogP contribution in [-0.2, 0) is 0 Å². The second kappa shape index (κ2) is 5.45. The van der Waals surface area contributed by atoms with Gasteiger partial charge in [0.25, 0.3) is 0 Å². The molecule has 0 saturated heterocycles. The van der Waals surface area contributed by atoms with Crippen molar-refractivity contribution in [1.29, 1.82) is 0 Å². The third kappa shape index (κ3) is 2.56. The Morgan fingerprint density at radius 2 is 2.33 bits per heavy atom. The van der Waals surface area contributed by atoms with E-state index in [1.165, 1.54) is 6.33 Å². The highest BCUT2D eigenvalue weighted by atomic mass is 32.2. The molecule has 2 rings (SSSR count). The van der Waals surface area contributed by atoms with Gasteiger partial charge in [0.15, 0.2) is 10.2 Å². The highest BCUT2D eigenvalue weighted by Gasteiger charge is 2.23. The highest BCUT2D eigenvalue weighted by molar-refractivity contribution is 7.99. The maximum Gasteiger partial charge on any atom is 0.343 e. The number of rotatable bonds is 5. The maximum atomic E-state index is 11.1. The van der Waals surface area contributed by atoms with Gasteiger partial charge < -0.3 is 10.3 Å². The van der Waals surface area contributed by atoms with Crippen LogP contribution in [0, 0.1) is 10.1 Å². The van der Waals surface area contributed by atoms with Crippen LogP contribution in [0.1, 0.15) is 6.92 Å². The molecule has 0 aliphatic rings. The van der Waals surface area contributed by atoms with Crippen LogP contribution in [0.15, 0.2) is 28.9 Å². The lowest BCUT2D eigenvalue weighted by Crippen LogP contribution is -2.05. The normalized spacial score (nSPS) is 10.3. The first kappa shape index (κ1) is 12.3. The number of aromatic amines is 1. The Kier molecular flexibility index (Phi) is 3.72. The summed E-state index contributed by atoms with van der Waals surface area (Å²) < 4.78 is 0. The van der Waals surface area contributed by atoms with Crippen molar-refractivity contribution in [3.8, 4) is 0 Å². The molecule has 0 radical (unpaired) electrons. The zero-order chi connectivity index (χ0) is 13.0. The highest BCUT2D eigenvalue weighted by Crippen LogP contribution is 2.34. The second-order valence-electron chi connectivity index (χ2n) is 3.16. The lowest BCUT2D eigenvalue weighted by atomic mass is 10.5. The average molecular weight is 266 g/mol. The fraction of sp³-hybridized carbons (Fsp3) is 0.222. The molecule has 94 valence electrons. The largest absolute Gasteiger partial charge is 0.364 e. The van der Waals surface area contributed by atoms with Crippen LogP contribution in [0.2, 0.25) is 0 Å². The standard InChI is InChI=1S/C9H10N6O2S/c1-2-10-7-6(15(16)17)8(14-5-13-7)18-9-11-3-4-12-9/h3-5H,2H2,1H3,(H,11,12)(H,10,13,14). The van der Waals surface area contributed by atoms with Crippen molar-refractivity contribution in [3.05, 3.63) is 28.8 Å². The molecule has 18 heavy (non-hydrogen) atoms. The van der Waals surface area contributed by atoms with Gasteiger partial charge in [-0.25, -0.2) is 15.0 Å². The third-order valence-corrected chi connectivity index (χ3v) is 2.89. The Labute approximate surface area is 106 Å². The molecule has 0 amide bonds. The van der Waals surface area contributed by atoms with Crippen LogP contribution >= 0.6 is 11.8 Å². The quantitative estimate of drug-likeness (QED) is 0.481. The Morgan fingerprint density at radius 1 is 1.50 bits per heavy atom. The summed E-state index contributed by atoms with van der Waals surface area (Å²) in [6.07, 6.45) is 4.50. The SMILES string of the molecule is CCNc1ncnc(Sc2ncc[nH]2)c1[N+](=O)[O-]. The Bertz CT molecular complexity index is 544. The molecule has 8 nitrogen and oxygen atoms in total. The molecule has 0 saturated carbocycles. The Hall–Kier alpha value is -2.16. The van der Waals surface area contributed by atoms with E-state index in [-0.39, 0.29) is 16.5 Å². The van der Waals surface area contributed by atoms with Crippen molar-refractivity contribution in [3.63, 3.8) is 0 Å². The number of hydrogen-bond acceptors (Lipinski definition) is 7. The summed E-state index contributed by atoms with van der Waals surface area (Å²) in [4.78, 5) is 25.2. The van der Waals surface area contributed by atoms with Crippen molar-refractivity contribution >= 4 is 23.3 Å². The fourth-order valence-electron chi connectivity index (χ4n) is 1.30. The zero-order valence-corrected chi connectivity index (χ0v) is 10.3. The van der Waals surface area contributed by atoms with Crippen LogP contribution in [0.4, 0.5) is 11.5 Å². The van der Waals surface area contributed by atoms with Gasteiger partial charge in [0, 0.05) is 18.9 Å². The molecule has 2 N–H and O–H groups in total. The Balaban J connectivity index is 2.39. The van der Waals surface area contributed by atoms with E-state index in [9.17, 15) is 10.1 Å². The molecule has 0 atom stereocenters. The summed E-state index contributed by atoms with van der Waals surface area (Å²) in [6.45, 7) is 2.38. The van der Waals surface area contributed by atoms with Crippen molar-refractivity contribution in [2.24, 2.45) is 0 Å². The minimum Gasteiger partial charge on any atom is -0.364 e. The van der Waals surface area contributed by atoms with E-state index in [4.69, 9.17) is 0 Å². The number of nitro groups is 1. The van der Waals surface area contributed by atoms with Crippen molar-refractivity contribution < 1.29 is 4.92 Å². The van der Waals surface area contributed by atoms with Gasteiger partial charge in [0.05, 0.1) is 4.92 Å². The van der Waals surface area contributed by atoms with E-state index >= 15 is 0 Å². The van der Waals surface area contributed by atoms with Gasteiger partial charge >= 0.3 is 5.69 Å². The van der Waals surface area contributed by atoms with Gasteiger partial charge in [-0.1, -0.05) is 0 Å². The van der Waals surface area contributed by atoms with E-state index in [0.717, 1.165) is 11.8 Å². The molecule has 2 aromatic heterocycles. The monoisotopic (exact) mass is 266 g/mol. The minimum absolute atomic E-state index is 0.138. The predicted octanol–water partition coefficient (Wildman–Crippen LogP) is 1.69. The molecule has 0 fully saturated rings. The van der Waals surface area contributed by atoms with Crippen LogP contribution < -0.4 is 5.32 Å². The number of nitrogens with one attached hydrogen (secondary N) is 2. The predicted molar refractivity (Wildman–Crippen MR) is 65.6 cm³/mol. The average Bonchev–Trinajstić information content (AvgIpc) is 2.82. The minimum atomic E-state index is -0.497. The first-order valence-electron chi connectivity index (χ1n) is 5.13. The molecule has 0 aliphatic heterocycles. The molecular weight excluding hydrogens is 256 g/mol. The topological polar surface area (TPSA) is 110 Å². The van der Waals surface area contributed by atoms with Crippen LogP contribution in [-0.4, -0.2) is 31.4 Å². The molecule has 2 heterocycles. The van der Waals surface area contributed by atoms with Crippen molar-refractivity contribution in [2.45, 2.75) is 17.1 Å². The number of anilines is 1. The summed E-state index contributed by atoms with van der Waals surface area (Å²) in [6, 6.07) is 0. The van der Waals surface area contributed by atoms with E-state index in [1.807, 2.05) is 6.92 Å². The van der Waals surface area contributed by atoms with E-state index in [1.54, 1.807) is 12.4 Å². The van der Waals surface area contributed by atoms with Crippen molar-refractivity contribution in [1.82, 2.24) is 19.9 Å². The van der Waals surface area contributed by atoms with Gasteiger partial charge in [-0.3, -0.25) is 10.1 Å². The van der Waals surface area contributed by atoms with Crippen molar-refractivity contribution in [2.75, 3.05) is 11.9 Å². The molecule has 9 heteroatoms. The fourth-order valence-corrected chi connectivity index (χ4v) is 2.09. The lowest BCUT2D eigenvalue weighted by Gasteiger charge is -2.05. The van der Waals surface area contributed by atoms with E-state index < -0.39 is 4.92 Å². The molecule has 0 aliphatic carbocycles. The first-order valence-corrected chi connectivity index (χ1v) is 5.94. The van der Waals surface area contributed by atoms with Crippen LogP contribution in [0.3, 0.4) is 0 Å². The Morgan fingerprint density at radius 3 is 2.94 bits per heavy atom. The second-order valence-corrected chi connectivity index (χ2v) is 4.14. The van der Waals surface area contributed by atoms with Crippen LogP contribution in [0.5, 0.6) is 0 Å². The molecule has 2 aromatic rings. The van der Waals surface area contributed by atoms with E-state index in [2.05, 4.69) is 25.3 Å². The summed E-state index contributed by atoms with van der Waals surface area (Å²) in [7, 11) is 0. The van der Waals surface area contributed by atoms with Gasteiger partial charge in [-0.2, -0.15) is 0 Å². The number of aromatic nitrogens is 4. The molecule has 0 unspecified atom stereocenters. The summed E-state index contributed by atoms with van der Waals surface area (Å²) >= 11 is 1.09. The molecule has 0 spiro atoms. The number of hydrogen-bond donors (Lipinski definition) is 2. The number of imidazole rings is 1. The number of H-pyrrole nitrogens is 1. The lowest BCUT2D eigenvalue weighted by molar-refractivity contribution is -0.387. The van der Waals surface area contributed by atoms with Crippen LogP contribution in [0.25, 0.3) is 0 Å². The first-order chi connectivity index (χ1) is 8.72. The number of nitrogens with zero attached hydrogens (tertiary/aromatic N) is 4. The summed E-state index contributed by atoms with van der Waals surface area (Å²) in [5.41, 5.74) is -0.138. The maximum absolute atomic E-state index is 11.1. The summed E-state index contributed by atoms with van der Waals surface area (Å²) in [5, 5.41) is 14.7. The van der Waals surface area contributed by atoms with Gasteiger partial charge in [0.2, 0.25) is 5.82 Å². The van der Waals surface area contributed by atoms with E-state index in [0.29, 0.717) is 11.7 Å². The van der Waals surface area contributed by atoms with Gasteiger partial charge in [-0.15, -0.1) is 0 Å². The molecular formula is C9H10N6O2S. The zero-order valence-electron chi connectivity index (χ0n) is 9.45. The van der Waals surface area contributed by atoms with Gasteiger partial charge in [-0.05, 0) is 18.7 Å². The summed E-state index contributed by atoms with van der Waals surface area (Å²) in [5.74, 6) is 0.214.